The van der Waals surface area contributed by atoms with Gasteiger partial charge in [-0.1, -0.05) is 212 Å². The summed E-state index contributed by atoms with van der Waals surface area (Å²) in [7, 11) is 0. The lowest BCUT2D eigenvalue weighted by molar-refractivity contribution is 0.590. The fourth-order valence-corrected chi connectivity index (χ4v) is 12.7. The largest absolute Gasteiger partial charge is 0.454 e. The summed E-state index contributed by atoms with van der Waals surface area (Å²) in [5.74, 6) is 0. The van der Waals surface area contributed by atoms with Gasteiger partial charge in [0.2, 0.25) is 0 Å². The van der Waals surface area contributed by atoms with Crippen molar-refractivity contribution in [3.05, 3.63) is 215 Å². The standard InChI is InChI=1S/C76H80BN3O/c1-47-40-48(2)42-49(41-47)50-43-63-69-64(44-50)80(59-37-28-54(29-38-59)75(12,13)14)65-46-66(78(56-31-22-51(23-32-56)72(3,4)5)57-33-24-52(25-34-57)73(6,7)8)71-68(60-20-18-19-21-67(60)81-71)70(65)77(69)61-45-55(76(15,16)17)30-39-62(61)79(63)58-35-26-53(27-36-58)74(9,10)11/h18-46H,1-17H3. The van der Waals surface area contributed by atoms with E-state index in [1.807, 2.05) is 0 Å². The number of benzene rings is 9. The van der Waals surface area contributed by atoms with Gasteiger partial charge in [-0.25, -0.2) is 0 Å². The number of para-hydroxylation sites is 1. The molecule has 4 nitrogen and oxygen atoms in total. The molecule has 1 aromatic heterocycles. The molecule has 0 amide bonds. The van der Waals surface area contributed by atoms with Crippen LogP contribution in [0.25, 0.3) is 33.1 Å². The second-order valence-corrected chi connectivity index (χ2v) is 28.6. The number of furan rings is 1. The fourth-order valence-electron chi connectivity index (χ4n) is 12.7. The number of rotatable bonds is 6. The van der Waals surface area contributed by atoms with E-state index in [4.69, 9.17) is 4.42 Å². The SMILES string of the molecule is Cc1cc(C)cc(-c2cc3c4c(c2)N(c2ccc(C(C)(C)C)cc2)c2cc(N(c5ccc(C(C)(C)C)cc5)c5ccc(C(C)(C)C)cc5)c5oc6ccccc6c5c2B4c2cc(C(C)(C)C)ccc2N3c2ccc(C(C)(C)C)cc2)c1. The molecule has 0 atom stereocenters. The molecule has 0 spiro atoms. The van der Waals surface area contributed by atoms with Crippen molar-refractivity contribution >= 4 is 96.2 Å². The fraction of sp³-hybridized carbons (Fsp3) is 0.289. The van der Waals surface area contributed by atoms with Gasteiger partial charge in [0.1, 0.15) is 5.58 Å². The van der Waals surface area contributed by atoms with Crippen molar-refractivity contribution in [3.8, 4) is 11.1 Å². The van der Waals surface area contributed by atoms with E-state index in [0.717, 1.165) is 56.1 Å². The number of aryl methyl sites for hydroxylation is 2. The zero-order valence-electron chi connectivity index (χ0n) is 51.1. The molecule has 2 aliphatic rings. The second kappa shape index (κ2) is 18.9. The first-order valence-corrected chi connectivity index (χ1v) is 29.4. The summed E-state index contributed by atoms with van der Waals surface area (Å²) in [6.45, 7) is 38.9. The zero-order valence-corrected chi connectivity index (χ0v) is 51.1. The van der Waals surface area contributed by atoms with Gasteiger partial charge >= 0.3 is 0 Å². The van der Waals surface area contributed by atoms with Gasteiger partial charge in [0.25, 0.3) is 6.71 Å². The first-order chi connectivity index (χ1) is 38.1. The monoisotopic (exact) mass is 1060 g/mol. The molecule has 9 aromatic carbocycles. The molecular formula is C76H80BN3O. The van der Waals surface area contributed by atoms with Gasteiger partial charge in [-0.2, -0.15) is 0 Å². The lowest BCUT2D eigenvalue weighted by Crippen LogP contribution is -2.61. The van der Waals surface area contributed by atoms with Crippen LogP contribution in [-0.4, -0.2) is 6.71 Å². The molecule has 5 heteroatoms. The molecule has 408 valence electrons. The molecule has 3 heterocycles. The van der Waals surface area contributed by atoms with Crippen LogP contribution >= 0.6 is 0 Å². The third-order valence-electron chi connectivity index (χ3n) is 17.3. The molecule has 0 radical (unpaired) electrons. The molecule has 0 aliphatic carbocycles. The Morgan fingerprint density at radius 3 is 1.26 bits per heavy atom. The van der Waals surface area contributed by atoms with Crippen LogP contribution in [0.15, 0.2) is 180 Å². The topological polar surface area (TPSA) is 22.9 Å². The number of hydrogen-bond donors (Lipinski definition) is 0. The summed E-state index contributed by atoms with van der Waals surface area (Å²) in [5, 5.41) is 2.23. The van der Waals surface area contributed by atoms with E-state index in [9.17, 15) is 0 Å². The average Bonchev–Trinajstić information content (AvgIpc) is 4.07. The highest BCUT2D eigenvalue weighted by Crippen LogP contribution is 2.52. The van der Waals surface area contributed by atoms with Gasteiger partial charge in [-0.05, 0) is 175 Å². The van der Waals surface area contributed by atoms with E-state index in [-0.39, 0.29) is 33.8 Å². The van der Waals surface area contributed by atoms with Crippen LogP contribution in [0.3, 0.4) is 0 Å². The summed E-state index contributed by atoms with van der Waals surface area (Å²) >= 11 is 0. The minimum atomic E-state index is -0.186. The molecule has 0 bridgehead atoms. The molecule has 2 aliphatic heterocycles. The van der Waals surface area contributed by atoms with E-state index in [0.29, 0.717) is 0 Å². The Bertz CT molecular complexity index is 3990. The van der Waals surface area contributed by atoms with Gasteiger partial charge in [0.05, 0.1) is 5.69 Å². The normalized spacial score (nSPS) is 13.7. The molecule has 10 aromatic rings. The van der Waals surface area contributed by atoms with Gasteiger partial charge in [0, 0.05) is 56.3 Å². The maximum Gasteiger partial charge on any atom is 0.253 e. The van der Waals surface area contributed by atoms with E-state index in [1.54, 1.807) is 0 Å². The van der Waals surface area contributed by atoms with Crippen molar-refractivity contribution in [2.75, 3.05) is 14.7 Å². The summed E-state index contributed by atoms with van der Waals surface area (Å²) in [4.78, 5) is 7.63. The molecule has 12 rings (SSSR count). The van der Waals surface area contributed by atoms with Gasteiger partial charge in [0.15, 0.2) is 5.58 Å². The van der Waals surface area contributed by atoms with Crippen molar-refractivity contribution in [2.45, 2.75) is 145 Å². The van der Waals surface area contributed by atoms with E-state index >= 15 is 0 Å². The molecule has 0 fully saturated rings. The molecule has 81 heavy (non-hydrogen) atoms. The van der Waals surface area contributed by atoms with Gasteiger partial charge in [-0.3, -0.25) is 0 Å². The van der Waals surface area contributed by atoms with Crippen molar-refractivity contribution < 1.29 is 4.42 Å². The predicted octanol–water partition coefficient (Wildman–Crippen LogP) is 19.9. The van der Waals surface area contributed by atoms with Crippen LogP contribution < -0.4 is 31.1 Å². The Morgan fingerprint density at radius 1 is 0.383 bits per heavy atom. The highest BCUT2D eigenvalue weighted by molar-refractivity contribution is 7.02. The second-order valence-electron chi connectivity index (χ2n) is 28.6. The minimum absolute atomic E-state index is 0.00116. The smallest absolute Gasteiger partial charge is 0.253 e. The number of nitrogens with zero attached hydrogens (tertiary/aromatic N) is 3. The molecule has 0 unspecified atom stereocenters. The third kappa shape index (κ3) is 9.45. The summed E-state index contributed by atoms with van der Waals surface area (Å²) in [6, 6.07) is 67.8. The maximum atomic E-state index is 7.48. The first-order valence-electron chi connectivity index (χ1n) is 29.4. The number of fused-ring (bicyclic) bond motifs is 8. The van der Waals surface area contributed by atoms with E-state index < -0.39 is 0 Å². The first kappa shape index (κ1) is 53.9. The Labute approximate surface area is 483 Å². The Kier molecular flexibility index (Phi) is 12.6. The third-order valence-corrected chi connectivity index (χ3v) is 17.3. The highest BCUT2D eigenvalue weighted by Gasteiger charge is 2.47. The summed E-state index contributed by atoms with van der Waals surface area (Å²) < 4.78 is 7.48. The average molecular weight is 1060 g/mol. The van der Waals surface area contributed by atoms with E-state index in [1.165, 1.54) is 83.5 Å². The van der Waals surface area contributed by atoms with Crippen molar-refractivity contribution in [1.82, 2.24) is 0 Å². The lowest BCUT2D eigenvalue weighted by Gasteiger charge is -2.45. The minimum Gasteiger partial charge on any atom is -0.454 e. The van der Waals surface area contributed by atoms with Gasteiger partial charge < -0.3 is 19.1 Å². The maximum absolute atomic E-state index is 7.48. The van der Waals surface area contributed by atoms with Crippen LogP contribution in [0.1, 0.15) is 143 Å². The molecule has 0 saturated carbocycles. The zero-order chi connectivity index (χ0) is 57.5. The number of anilines is 9. The highest BCUT2D eigenvalue weighted by atomic mass is 16.3. The van der Waals surface area contributed by atoms with Crippen LogP contribution in [0.4, 0.5) is 51.2 Å². The Hall–Kier alpha value is -7.76. The van der Waals surface area contributed by atoms with Crippen LogP contribution in [0.5, 0.6) is 0 Å². The lowest BCUT2D eigenvalue weighted by atomic mass is 9.32. The van der Waals surface area contributed by atoms with Crippen LogP contribution in [0.2, 0.25) is 0 Å². The van der Waals surface area contributed by atoms with Crippen LogP contribution in [0, 0.1) is 13.8 Å². The molecular weight excluding hydrogens is 982 g/mol. The van der Waals surface area contributed by atoms with Crippen molar-refractivity contribution in [1.29, 1.82) is 0 Å². The summed E-state index contributed by atoms with van der Waals surface area (Å²) in [6.07, 6.45) is 0. The molecule has 0 N–H and O–H groups in total. The van der Waals surface area contributed by atoms with E-state index in [2.05, 4.69) is 308 Å². The quantitative estimate of drug-likeness (QED) is 0.155. The van der Waals surface area contributed by atoms with Gasteiger partial charge in [-0.15, -0.1) is 0 Å². The van der Waals surface area contributed by atoms with Crippen molar-refractivity contribution in [2.24, 2.45) is 0 Å². The molecule has 0 saturated heterocycles. The Balaban J connectivity index is 1.26. The number of hydrogen-bond acceptors (Lipinski definition) is 4. The predicted molar refractivity (Wildman–Crippen MR) is 351 cm³/mol. The Morgan fingerprint density at radius 2 is 0.790 bits per heavy atom. The van der Waals surface area contributed by atoms with Crippen LogP contribution in [-0.2, 0) is 27.1 Å². The summed E-state index contributed by atoms with van der Waals surface area (Å²) in [5.41, 5.74) is 26.7. The van der Waals surface area contributed by atoms with Crippen molar-refractivity contribution in [3.63, 3.8) is 0 Å².